The molecule has 4 aromatic heterocycles. The molecule has 0 radical (unpaired) electrons. The average Bonchev–Trinajstić information content (AvgIpc) is 3.68. The minimum atomic E-state index is -4.52. The number of ether oxygens (including phenoxy) is 3. The predicted octanol–water partition coefficient (Wildman–Crippen LogP) is 7.01. The fraction of sp³-hybridized carbons (Fsp3) is 0.355. The number of fused-ring (bicyclic) bond motifs is 2. The highest BCUT2D eigenvalue weighted by atomic mass is 35.5. The molecule has 1 aromatic carbocycles. The van der Waals surface area contributed by atoms with Crippen LogP contribution in [0.3, 0.4) is 0 Å². The van der Waals surface area contributed by atoms with Crippen molar-refractivity contribution in [2.75, 3.05) is 19.8 Å². The standard InChI is InChI=1S/C21H20F3N3O3.C10H10ClN3O2/c1-3-29-20(28)16-11(2)27-19-17(25-10-26-18(16)19)14-8-13(21(22,23)24)6-7-15(14)30-9-12-4-5-12;1-3-16-10(15)6-5(2)14-8-7(6)12-4-13-9(8)11/h6-8,10,12,27H,3-5,9H2,1-2H3;4,14H,3H2,1-2H3. The Kier molecular flexibility index (Phi) is 9.47. The number of carbonyl (C=O) groups is 2. The Labute approximate surface area is 265 Å². The van der Waals surface area contributed by atoms with Crippen LogP contribution in [-0.4, -0.2) is 61.7 Å². The van der Waals surface area contributed by atoms with E-state index in [9.17, 15) is 22.8 Å². The van der Waals surface area contributed by atoms with Crippen molar-refractivity contribution in [3.63, 3.8) is 0 Å². The minimum Gasteiger partial charge on any atom is -0.493 e. The van der Waals surface area contributed by atoms with Gasteiger partial charge in [0.25, 0.3) is 0 Å². The molecule has 0 atom stereocenters. The minimum absolute atomic E-state index is 0.189. The largest absolute Gasteiger partial charge is 0.493 e. The van der Waals surface area contributed by atoms with Crippen molar-refractivity contribution < 1.29 is 37.0 Å². The molecule has 11 nitrogen and oxygen atoms in total. The van der Waals surface area contributed by atoms with E-state index in [4.69, 9.17) is 25.8 Å². The van der Waals surface area contributed by atoms with E-state index in [0.29, 0.717) is 69.1 Å². The van der Waals surface area contributed by atoms with E-state index in [1.807, 2.05) is 0 Å². The van der Waals surface area contributed by atoms with Crippen LogP contribution in [0.15, 0.2) is 30.9 Å². The summed E-state index contributed by atoms with van der Waals surface area (Å²) in [4.78, 5) is 46.3. The first-order chi connectivity index (χ1) is 21.9. The highest BCUT2D eigenvalue weighted by Gasteiger charge is 2.33. The maximum Gasteiger partial charge on any atom is 0.416 e. The van der Waals surface area contributed by atoms with Crippen molar-refractivity contribution in [2.45, 2.75) is 46.7 Å². The topological polar surface area (TPSA) is 145 Å². The maximum atomic E-state index is 13.4. The molecule has 6 rings (SSSR count). The second-order valence-electron chi connectivity index (χ2n) is 10.5. The van der Waals surface area contributed by atoms with Gasteiger partial charge in [0.1, 0.15) is 51.8 Å². The Balaban J connectivity index is 0.000000219. The number of aromatic amines is 2. The van der Waals surface area contributed by atoms with Crippen LogP contribution in [0.2, 0.25) is 5.15 Å². The maximum absolute atomic E-state index is 13.4. The quantitative estimate of drug-likeness (QED) is 0.133. The molecule has 2 N–H and O–H groups in total. The van der Waals surface area contributed by atoms with Gasteiger partial charge in [-0.25, -0.2) is 29.5 Å². The molecule has 0 aliphatic heterocycles. The Hall–Kier alpha value is -4.72. The number of alkyl halides is 3. The third-order valence-corrected chi connectivity index (χ3v) is 7.48. The van der Waals surface area contributed by atoms with E-state index in [1.54, 1.807) is 27.7 Å². The number of aryl methyl sites for hydroxylation is 2. The second kappa shape index (κ2) is 13.3. The highest BCUT2D eigenvalue weighted by molar-refractivity contribution is 6.34. The number of esters is 2. The zero-order valence-electron chi connectivity index (χ0n) is 25.3. The van der Waals surface area contributed by atoms with Crippen LogP contribution >= 0.6 is 11.6 Å². The second-order valence-corrected chi connectivity index (χ2v) is 10.8. The molecular weight excluding hydrogens is 629 g/mol. The van der Waals surface area contributed by atoms with Gasteiger partial charge in [-0.1, -0.05) is 11.6 Å². The van der Waals surface area contributed by atoms with Crippen LogP contribution < -0.4 is 4.74 Å². The number of H-pyrrole nitrogens is 2. The molecule has 1 aliphatic rings. The summed E-state index contributed by atoms with van der Waals surface area (Å²) in [6, 6.07) is 3.33. The van der Waals surface area contributed by atoms with Crippen LogP contribution in [0.25, 0.3) is 33.3 Å². The SMILES string of the molecule is CCOC(=O)c1c(C)[nH]c2c(-c3cc(C(F)(F)F)ccc3OCC3CC3)ncnc12.CCOC(=O)c1c(C)[nH]c2c(Cl)ncnc12. The van der Waals surface area contributed by atoms with Crippen LogP contribution in [0.4, 0.5) is 13.2 Å². The number of nitrogens with one attached hydrogen (secondary N) is 2. The lowest BCUT2D eigenvalue weighted by Gasteiger charge is -2.14. The molecule has 0 amide bonds. The summed E-state index contributed by atoms with van der Waals surface area (Å²) in [5.41, 5.74) is 3.15. The molecule has 0 bridgehead atoms. The first kappa shape index (κ1) is 32.7. The monoisotopic (exact) mass is 658 g/mol. The zero-order chi connectivity index (χ0) is 33.2. The van der Waals surface area contributed by atoms with Crippen molar-refractivity contribution in [1.82, 2.24) is 29.9 Å². The lowest BCUT2D eigenvalue weighted by molar-refractivity contribution is -0.137. The molecule has 1 aliphatic carbocycles. The number of hydrogen-bond donors (Lipinski definition) is 2. The van der Waals surface area contributed by atoms with Gasteiger partial charge in [-0.3, -0.25) is 0 Å². The molecule has 0 spiro atoms. The number of hydrogen-bond acceptors (Lipinski definition) is 9. The van der Waals surface area contributed by atoms with E-state index in [1.165, 1.54) is 18.7 Å². The number of rotatable bonds is 8. The molecule has 4 heterocycles. The van der Waals surface area contributed by atoms with Crippen molar-refractivity contribution >= 4 is 45.6 Å². The van der Waals surface area contributed by atoms with Gasteiger partial charge in [-0.2, -0.15) is 13.2 Å². The van der Waals surface area contributed by atoms with Gasteiger partial charge in [0.15, 0.2) is 5.15 Å². The zero-order valence-corrected chi connectivity index (χ0v) is 26.1. The fourth-order valence-corrected chi connectivity index (χ4v) is 5.01. The summed E-state index contributed by atoms with van der Waals surface area (Å²) in [5, 5.41) is 0.295. The average molecular weight is 659 g/mol. The number of carbonyl (C=O) groups excluding carboxylic acids is 2. The lowest BCUT2D eigenvalue weighted by Crippen LogP contribution is -2.07. The molecule has 242 valence electrons. The van der Waals surface area contributed by atoms with Gasteiger partial charge in [0.05, 0.1) is 30.9 Å². The van der Waals surface area contributed by atoms with E-state index in [2.05, 4.69) is 29.9 Å². The Morgan fingerprint density at radius 2 is 1.46 bits per heavy atom. The normalized spacial score (nSPS) is 13.0. The molecule has 0 saturated heterocycles. The van der Waals surface area contributed by atoms with Gasteiger partial charge in [-0.15, -0.1) is 0 Å². The lowest BCUT2D eigenvalue weighted by atomic mass is 10.0. The number of aromatic nitrogens is 6. The third kappa shape index (κ3) is 6.76. The predicted molar refractivity (Wildman–Crippen MR) is 163 cm³/mol. The van der Waals surface area contributed by atoms with Crippen molar-refractivity contribution in [1.29, 1.82) is 0 Å². The molecule has 0 unspecified atom stereocenters. The third-order valence-electron chi connectivity index (χ3n) is 7.19. The number of nitrogens with zero attached hydrogens (tertiary/aromatic N) is 4. The van der Waals surface area contributed by atoms with Gasteiger partial charge in [0.2, 0.25) is 0 Å². The molecule has 1 saturated carbocycles. The van der Waals surface area contributed by atoms with Crippen LogP contribution in [0, 0.1) is 19.8 Å². The summed E-state index contributed by atoms with van der Waals surface area (Å²) in [7, 11) is 0. The smallest absolute Gasteiger partial charge is 0.416 e. The van der Waals surface area contributed by atoms with E-state index < -0.39 is 23.7 Å². The molecule has 5 aromatic rings. The Bertz CT molecular complexity index is 1920. The Morgan fingerprint density at radius 1 is 0.891 bits per heavy atom. The van der Waals surface area contributed by atoms with Crippen molar-refractivity contribution in [3.05, 3.63) is 64.1 Å². The fourth-order valence-electron chi connectivity index (χ4n) is 4.83. The van der Waals surface area contributed by atoms with Crippen LogP contribution in [-0.2, 0) is 15.7 Å². The van der Waals surface area contributed by atoms with Gasteiger partial charge < -0.3 is 24.2 Å². The summed E-state index contributed by atoms with van der Waals surface area (Å²) in [6.45, 7) is 7.83. The van der Waals surface area contributed by atoms with Crippen molar-refractivity contribution in [3.8, 4) is 17.0 Å². The summed E-state index contributed by atoms with van der Waals surface area (Å²) in [5.74, 6) is -0.227. The first-order valence-electron chi connectivity index (χ1n) is 14.4. The molecule has 15 heteroatoms. The molecule has 1 fully saturated rings. The Morgan fingerprint density at radius 3 is 2.02 bits per heavy atom. The number of benzene rings is 1. The van der Waals surface area contributed by atoms with Crippen LogP contribution in [0.1, 0.15) is 64.4 Å². The molecule has 46 heavy (non-hydrogen) atoms. The first-order valence-corrected chi connectivity index (χ1v) is 14.8. The van der Waals surface area contributed by atoms with Crippen molar-refractivity contribution in [2.24, 2.45) is 5.92 Å². The summed E-state index contributed by atoms with van der Waals surface area (Å²) < 4.78 is 56.0. The van der Waals surface area contributed by atoms with Crippen LogP contribution in [0.5, 0.6) is 5.75 Å². The summed E-state index contributed by atoms with van der Waals surface area (Å²) >= 11 is 5.89. The number of halogens is 4. The molecular formula is C31H30ClF3N6O5. The van der Waals surface area contributed by atoms with Gasteiger partial charge >= 0.3 is 18.1 Å². The van der Waals surface area contributed by atoms with Gasteiger partial charge in [-0.05, 0) is 64.7 Å². The van der Waals surface area contributed by atoms with E-state index in [0.717, 1.165) is 25.0 Å². The van der Waals surface area contributed by atoms with E-state index >= 15 is 0 Å². The highest BCUT2D eigenvalue weighted by Crippen LogP contribution is 2.40. The van der Waals surface area contributed by atoms with Gasteiger partial charge in [0, 0.05) is 17.0 Å². The van der Waals surface area contributed by atoms with E-state index in [-0.39, 0.29) is 23.4 Å². The summed E-state index contributed by atoms with van der Waals surface area (Å²) in [6.07, 6.45) is 0.121.